The molecule has 2 aliphatic rings. The van der Waals surface area contributed by atoms with Crippen LogP contribution in [0.5, 0.6) is 5.75 Å². The molecule has 0 radical (unpaired) electrons. The standard InChI is InChI=1S/C26H30ClN3O.HO2P/c1-19-8-7-10-23(17-19)31-26-28-13-11-24(25(27)18-21(3)29-26)22-9-5-6-14-30(4)15-12-20(2)16-22;1-3-2/h5-18,22,24-25H,1-4H3,(H,28,29);(H,1,2)/b9-5?,13-11+,14-6+,15-12-,20-16+,21-18+;. The van der Waals surface area contributed by atoms with Gasteiger partial charge in [-0.3, -0.25) is 0 Å². The Bertz CT molecular complexity index is 1040. The molecule has 0 bridgehead atoms. The zero-order chi connectivity index (χ0) is 24.9. The van der Waals surface area contributed by atoms with Gasteiger partial charge in [-0.25, -0.2) is 9.56 Å². The van der Waals surface area contributed by atoms with Crippen LogP contribution in [0.15, 0.2) is 102 Å². The zero-order valence-corrected chi connectivity index (χ0v) is 21.4. The fraction of sp³-hybridized carbons (Fsp3) is 0.269. The number of alkyl halides is 1. The lowest BCUT2D eigenvalue weighted by Gasteiger charge is -2.23. The van der Waals surface area contributed by atoms with E-state index in [0.717, 1.165) is 17.0 Å². The van der Waals surface area contributed by atoms with Crippen molar-refractivity contribution in [2.24, 2.45) is 16.8 Å². The van der Waals surface area contributed by atoms with Crippen LogP contribution >= 0.6 is 20.3 Å². The van der Waals surface area contributed by atoms with Crippen molar-refractivity contribution in [3.05, 3.63) is 102 Å². The summed E-state index contributed by atoms with van der Waals surface area (Å²) in [5.74, 6) is 0.892. The molecule has 0 fully saturated rings. The van der Waals surface area contributed by atoms with Crippen LogP contribution in [-0.2, 0) is 4.57 Å². The van der Waals surface area contributed by atoms with Crippen molar-refractivity contribution in [1.82, 2.24) is 10.2 Å². The molecule has 0 saturated carbocycles. The highest BCUT2D eigenvalue weighted by Gasteiger charge is 2.23. The van der Waals surface area contributed by atoms with Gasteiger partial charge in [0.2, 0.25) is 0 Å². The van der Waals surface area contributed by atoms with Crippen molar-refractivity contribution in [3.8, 4) is 5.75 Å². The molecule has 2 N–H and O–H groups in total. The highest BCUT2D eigenvalue weighted by Crippen LogP contribution is 2.28. The average molecular weight is 500 g/mol. The van der Waals surface area contributed by atoms with E-state index in [1.807, 2.05) is 74.6 Å². The summed E-state index contributed by atoms with van der Waals surface area (Å²) >= 11 is 6.86. The summed E-state index contributed by atoms with van der Waals surface area (Å²) in [6.45, 7) is 6.11. The maximum Gasteiger partial charge on any atom is 0.324 e. The van der Waals surface area contributed by atoms with Gasteiger partial charge in [-0.1, -0.05) is 42.0 Å². The first-order valence-corrected chi connectivity index (χ1v) is 12.0. The first-order valence-electron chi connectivity index (χ1n) is 10.8. The second kappa shape index (κ2) is 14.4. The van der Waals surface area contributed by atoms with E-state index in [2.05, 4.69) is 47.6 Å². The number of halogens is 1. The number of benzene rings is 1. The third kappa shape index (κ3) is 9.52. The van der Waals surface area contributed by atoms with E-state index in [9.17, 15) is 0 Å². The molecule has 0 spiro atoms. The minimum atomic E-state index is -0.833. The van der Waals surface area contributed by atoms with E-state index in [0.29, 0.717) is 6.02 Å². The number of ether oxygens (including phenoxy) is 1. The number of aliphatic imine (C=N–C) groups is 1. The Hall–Kier alpha value is -2.92. The van der Waals surface area contributed by atoms with E-state index < -0.39 is 8.69 Å². The Morgan fingerprint density at radius 3 is 2.65 bits per heavy atom. The van der Waals surface area contributed by atoms with Crippen molar-refractivity contribution in [3.63, 3.8) is 0 Å². The number of aryl methyl sites for hydroxylation is 1. The summed E-state index contributed by atoms with van der Waals surface area (Å²) in [5.41, 5.74) is 3.20. The van der Waals surface area contributed by atoms with Gasteiger partial charge >= 0.3 is 8.69 Å². The lowest BCUT2D eigenvalue weighted by Crippen LogP contribution is -2.27. The third-order valence-electron chi connectivity index (χ3n) is 5.02. The fourth-order valence-corrected chi connectivity index (χ4v) is 3.85. The van der Waals surface area contributed by atoms with Crippen LogP contribution in [-0.4, -0.2) is 28.2 Å². The average Bonchev–Trinajstić information content (AvgIpc) is 2.83. The normalized spacial score (nSPS) is 28.6. The topological polar surface area (TPSA) is 74.2 Å². The molecule has 0 aliphatic carbocycles. The third-order valence-corrected chi connectivity index (χ3v) is 5.44. The lowest BCUT2D eigenvalue weighted by molar-refractivity contribution is 0.524. The van der Waals surface area contributed by atoms with Gasteiger partial charge in [0.25, 0.3) is 6.02 Å². The number of nitrogens with zero attached hydrogens (tertiary/aromatic N) is 2. The minimum Gasteiger partial charge on any atom is -0.426 e. The van der Waals surface area contributed by atoms with Gasteiger partial charge in [0.05, 0.1) is 5.38 Å². The first kappa shape index (κ1) is 27.3. The van der Waals surface area contributed by atoms with Gasteiger partial charge in [-0.15, -0.1) is 11.6 Å². The molecule has 3 unspecified atom stereocenters. The predicted octanol–water partition coefficient (Wildman–Crippen LogP) is 6.25. The monoisotopic (exact) mass is 499 g/mol. The zero-order valence-electron chi connectivity index (χ0n) is 19.8. The quantitative estimate of drug-likeness (QED) is 0.371. The van der Waals surface area contributed by atoms with Crippen LogP contribution < -0.4 is 10.1 Å². The highest BCUT2D eigenvalue weighted by atomic mass is 35.5. The Morgan fingerprint density at radius 2 is 1.91 bits per heavy atom. The SMILES string of the molecule is CC1=C\C(C2/C=C/N=C(Oc3cccc(C)c3)N/C(C)=C/C2Cl)C=C/C=C/N(C)/C=C\1.O=PO. The maximum atomic E-state index is 8.46. The summed E-state index contributed by atoms with van der Waals surface area (Å²) in [6.07, 6.45) is 20.5. The second-order valence-corrected chi connectivity index (χ2v) is 8.64. The Kier molecular flexibility index (Phi) is 11.5. The number of amidine groups is 1. The number of hydrogen-bond acceptors (Lipinski definition) is 5. The smallest absolute Gasteiger partial charge is 0.324 e. The maximum absolute atomic E-state index is 8.46. The van der Waals surface area contributed by atoms with Crippen molar-refractivity contribution in [1.29, 1.82) is 0 Å². The van der Waals surface area contributed by atoms with E-state index in [1.54, 1.807) is 6.20 Å². The van der Waals surface area contributed by atoms with Crippen LogP contribution in [0.4, 0.5) is 0 Å². The van der Waals surface area contributed by atoms with E-state index >= 15 is 0 Å². The second-order valence-electron chi connectivity index (χ2n) is 7.97. The molecule has 2 heterocycles. The molecule has 0 aromatic heterocycles. The number of rotatable bonds is 2. The molecular formula is C26H31ClN3O3P. The van der Waals surface area contributed by atoms with E-state index in [4.69, 9.17) is 25.8 Å². The van der Waals surface area contributed by atoms with E-state index in [-0.39, 0.29) is 17.2 Å². The van der Waals surface area contributed by atoms with Crippen molar-refractivity contribution in [2.45, 2.75) is 26.1 Å². The van der Waals surface area contributed by atoms with Crippen LogP contribution in [0.2, 0.25) is 0 Å². The van der Waals surface area contributed by atoms with Crippen molar-refractivity contribution >= 4 is 26.3 Å². The van der Waals surface area contributed by atoms with Gasteiger partial charge in [0.1, 0.15) is 5.75 Å². The minimum absolute atomic E-state index is 0.0330. The summed E-state index contributed by atoms with van der Waals surface area (Å²) in [5, 5.41) is 3.01. The van der Waals surface area contributed by atoms with Gasteiger partial charge < -0.3 is 19.8 Å². The Morgan fingerprint density at radius 1 is 1.15 bits per heavy atom. The fourth-order valence-electron chi connectivity index (χ4n) is 3.41. The van der Waals surface area contributed by atoms with Gasteiger partial charge in [-0.05, 0) is 56.7 Å². The van der Waals surface area contributed by atoms with Crippen LogP contribution in [0.25, 0.3) is 0 Å². The van der Waals surface area contributed by atoms with Gasteiger partial charge in [0, 0.05) is 43.2 Å². The molecule has 0 amide bonds. The molecular weight excluding hydrogens is 469 g/mol. The largest absolute Gasteiger partial charge is 0.426 e. The summed E-state index contributed by atoms with van der Waals surface area (Å²) in [6, 6.07) is 8.30. The van der Waals surface area contributed by atoms with E-state index in [1.165, 1.54) is 5.57 Å². The number of allylic oxidation sites excluding steroid dienone is 9. The van der Waals surface area contributed by atoms with Gasteiger partial charge in [-0.2, -0.15) is 0 Å². The molecule has 180 valence electrons. The summed E-state index contributed by atoms with van der Waals surface area (Å²) < 4.78 is 14.4. The molecule has 8 heteroatoms. The summed E-state index contributed by atoms with van der Waals surface area (Å²) in [4.78, 5) is 13.5. The Balaban J connectivity index is 0.00000129. The Labute approximate surface area is 208 Å². The molecule has 0 saturated heterocycles. The molecule has 2 aliphatic heterocycles. The van der Waals surface area contributed by atoms with Crippen LogP contribution in [0, 0.1) is 18.8 Å². The summed E-state index contributed by atoms with van der Waals surface area (Å²) in [7, 11) is 1.18. The first-order chi connectivity index (χ1) is 16.3. The molecule has 3 atom stereocenters. The highest BCUT2D eigenvalue weighted by molar-refractivity contribution is 7.16. The lowest BCUT2D eigenvalue weighted by atomic mass is 9.86. The predicted molar refractivity (Wildman–Crippen MR) is 141 cm³/mol. The molecule has 1 aromatic carbocycles. The van der Waals surface area contributed by atoms with Crippen LogP contribution in [0.3, 0.4) is 0 Å². The van der Waals surface area contributed by atoms with Crippen molar-refractivity contribution in [2.75, 3.05) is 7.05 Å². The molecule has 6 nitrogen and oxygen atoms in total. The molecule has 3 rings (SSSR count). The number of nitrogens with one attached hydrogen (secondary N) is 1. The number of hydrogen-bond donors (Lipinski definition) is 2. The van der Waals surface area contributed by atoms with Crippen LogP contribution in [0.1, 0.15) is 19.4 Å². The molecule has 34 heavy (non-hydrogen) atoms. The van der Waals surface area contributed by atoms with Gasteiger partial charge in [0.15, 0.2) is 0 Å². The molecule has 1 aromatic rings. The van der Waals surface area contributed by atoms with Crippen molar-refractivity contribution < 1.29 is 14.2 Å².